The van der Waals surface area contributed by atoms with Gasteiger partial charge in [0.2, 0.25) is 0 Å². The van der Waals surface area contributed by atoms with E-state index in [4.69, 9.17) is 5.11 Å². The highest BCUT2D eigenvalue weighted by Gasteiger charge is 1.91. The molecule has 1 unspecified atom stereocenters. The number of aliphatic hydroxyl groups excluding tert-OH is 1. The Balaban J connectivity index is 3.34. The van der Waals surface area contributed by atoms with Gasteiger partial charge in [0.1, 0.15) is 0 Å². The number of carbonyl (C=O) groups excluding carboxylic acids is 1. The molecule has 0 saturated carbocycles. The molecule has 0 spiro atoms. The maximum atomic E-state index is 9.50. The Labute approximate surface area is 46.4 Å². The lowest BCUT2D eigenvalue weighted by Gasteiger charge is -2.12. The Morgan fingerprint density at radius 2 is 2.43 bits per heavy atom. The summed E-state index contributed by atoms with van der Waals surface area (Å²) in [6.07, 6.45) is -1.48. The van der Waals surface area contributed by atoms with Gasteiger partial charge in [0, 0.05) is 0 Å². The molecule has 42 valence electrons. The van der Waals surface area contributed by atoms with Crippen molar-refractivity contribution in [1.29, 1.82) is 0 Å². The first-order chi connectivity index (χ1) is 3.18. The van der Waals surface area contributed by atoms with Gasteiger partial charge in [-0.2, -0.15) is 0 Å². The van der Waals surface area contributed by atoms with E-state index < -0.39 is 12.1 Å². The zero-order valence-corrected chi connectivity index (χ0v) is 4.27. The lowest BCUT2D eigenvalue weighted by molar-refractivity contribution is -0.313. The summed E-state index contributed by atoms with van der Waals surface area (Å²) in [6, 6.07) is 0. The van der Waals surface area contributed by atoms with E-state index in [9.17, 15) is 9.90 Å². The minimum Gasteiger partial charge on any atom is -0.790 e. The second-order valence-corrected chi connectivity index (χ2v) is 1.33. The molecule has 0 aliphatic rings. The van der Waals surface area contributed by atoms with Crippen LogP contribution in [0.15, 0.2) is 0 Å². The van der Waals surface area contributed by atoms with Crippen LogP contribution in [0.3, 0.4) is 0 Å². The number of rotatable bonds is 2. The first kappa shape index (κ1) is 6.78. The molecule has 0 aromatic heterocycles. The number of aliphatic hydroxyl groups is 1. The molecular weight excluding hydrogens is 116 g/mol. The van der Waals surface area contributed by atoms with Gasteiger partial charge in [-0.1, -0.05) is 0 Å². The van der Waals surface area contributed by atoms with Crippen LogP contribution in [0.5, 0.6) is 0 Å². The van der Waals surface area contributed by atoms with Crippen LogP contribution in [0.2, 0.25) is 0 Å². The highest BCUT2D eigenvalue weighted by Crippen LogP contribution is 1.73. The Bertz CT molecular complexity index is 72.6. The minimum atomic E-state index is -1.50. The van der Waals surface area contributed by atoms with Gasteiger partial charge < -0.3 is 27.6 Å². The molecule has 0 rings (SSSR count). The standard InChI is InChI=1S/C3H6O3S/c4-2(1-7)3(5)6/h2,4,7H,1H2,(H,5,6)/p-2. The molecule has 0 aromatic carbocycles. The summed E-state index contributed by atoms with van der Waals surface area (Å²) in [5.74, 6) is -1.71. The van der Waals surface area contributed by atoms with Crippen LogP contribution < -0.4 is 5.11 Å². The van der Waals surface area contributed by atoms with Gasteiger partial charge in [0.15, 0.2) is 0 Å². The summed E-state index contributed by atoms with van der Waals surface area (Å²) < 4.78 is 0. The number of hydrogen-bond donors (Lipinski definition) is 1. The van der Waals surface area contributed by atoms with Crippen LogP contribution in [0, 0.1) is 0 Å². The molecule has 3 nitrogen and oxygen atoms in total. The first-order valence-electron chi connectivity index (χ1n) is 1.65. The number of carboxylic acids is 1. The predicted octanol–water partition coefficient (Wildman–Crippen LogP) is -2.36. The molecule has 1 atom stereocenters. The molecule has 0 fully saturated rings. The molecule has 4 heteroatoms. The second-order valence-electron chi connectivity index (χ2n) is 1.00. The topological polar surface area (TPSA) is 60.4 Å². The van der Waals surface area contributed by atoms with E-state index in [-0.39, 0.29) is 5.75 Å². The number of carbonyl (C=O) groups is 1. The maximum Gasteiger partial charge on any atom is 0.0717 e. The quantitative estimate of drug-likeness (QED) is 0.414. The molecule has 0 amide bonds. The summed E-state index contributed by atoms with van der Waals surface area (Å²) in [5.41, 5.74) is 0. The third-order valence-corrected chi connectivity index (χ3v) is 0.746. The largest absolute Gasteiger partial charge is 0.790 e. The van der Waals surface area contributed by atoms with Crippen LogP contribution in [-0.4, -0.2) is 22.9 Å². The van der Waals surface area contributed by atoms with Crippen molar-refractivity contribution < 1.29 is 15.0 Å². The molecule has 0 heterocycles. The molecular formula is C3H4O3S-2. The van der Waals surface area contributed by atoms with Crippen LogP contribution in [0.1, 0.15) is 0 Å². The summed E-state index contributed by atoms with van der Waals surface area (Å²) in [5, 5.41) is 17.7. The number of aliphatic carboxylic acids is 1. The number of carboxylic acid groups (broad SMARTS) is 1. The summed E-state index contributed by atoms with van der Waals surface area (Å²) in [4.78, 5) is 9.50. The third-order valence-electron chi connectivity index (χ3n) is 0.430. The summed E-state index contributed by atoms with van der Waals surface area (Å²) in [6.45, 7) is 0. The molecule has 0 saturated heterocycles. The van der Waals surface area contributed by atoms with Gasteiger partial charge in [-0.05, 0) is 0 Å². The lowest BCUT2D eigenvalue weighted by atomic mass is 10.4. The van der Waals surface area contributed by atoms with Gasteiger partial charge >= 0.3 is 0 Å². The van der Waals surface area contributed by atoms with Gasteiger partial charge in [-0.15, -0.1) is 5.75 Å². The molecule has 7 heavy (non-hydrogen) atoms. The fourth-order valence-corrected chi connectivity index (χ4v) is 0.204. The van der Waals surface area contributed by atoms with Crippen molar-refractivity contribution in [2.24, 2.45) is 0 Å². The first-order valence-corrected chi connectivity index (χ1v) is 2.23. The lowest BCUT2D eigenvalue weighted by Crippen LogP contribution is -2.37. The summed E-state index contributed by atoms with van der Waals surface area (Å²) >= 11 is 4.18. The molecule has 0 aliphatic heterocycles. The normalized spacial score (nSPS) is 13.4. The van der Waals surface area contributed by atoms with Crippen molar-refractivity contribution >= 4 is 18.6 Å². The van der Waals surface area contributed by atoms with Crippen molar-refractivity contribution in [1.82, 2.24) is 0 Å². The highest BCUT2D eigenvalue weighted by molar-refractivity contribution is 7.58. The van der Waals surface area contributed by atoms with Crippen molar-refractivity contribution in [2.45, 2.75) is 6.10 Å². The second kappa shape index (κ2) is 2.87. The van der Waals surface area contributed by atoms with Gasteiger partial charge in [0.25, 0.3) is 0 Å². The van der Waals surface area contributed by atoms with Crippen molar-refractivity contribution in [2.75, 3.05) is 5.75 Å². The van der Waals surface area contributed by atoms with E-state index in [1.54, 1.807) is 0 Å². The fraction of sp³-hybridized carbons (Fsp3) is 0.667. The molecule has 0 aromatic rings. The minimum absolute atomic E-state index is 0.206. The summed E-state index contributed by atoms with van der Waals surface area (Å²) in [7, 11) is 0. The average Bonchev–Trinajstić information content (AvgIpc) is 1.65. The monoisotopic (exact) mass is 120 g/mol. The van der Waals surface area contributed by atoms with Crippen molar-refractivity contribution in [3.63, 3.8) is 0 Å². The molecule has 0 aliphatic carbocycles. The number of hydrogen-bond acceptors (Lipinski definition) is 4. The molecule has 1 N–H and O–H groups in total. The molecule has 0 bridgehead atoms. The van der Waals surface area contributed by atoms with Crippen molar-refractivity contribution in [3.8, 4) is 0 Å². The van der Waals surface area contributed by atoms with Gasteiger partial charge in [-0.3, -0.25) is 0 Å². The van der Waals surface area contributed by atoms with Gasteiger partial charge in [-0.25, -0.2) is 0 Å². The Hall–Kier alpha value is -0.220. The fourth-order valence-electron chi connectivity index (χ4n) is 0.0680. The van der Waals surface area contributed by atoms with Gasteiger partial charge in [0.05, 0.1) is 12.1 Å². The highest BCUT2D eigenvalue weighted by atomic mass is 32.1. The van der Waals surface area contributed by atoms with E-state index in [0.29, 0.717) is 0 Å². The van der Waals surface area contributed by atoms with Crippen LogP contribution in [-0.2, 0) is 17.4 Å². The van der Waals surface area contributed by atoms with Crippen molar-refractivity contribution in [3.05, 3.63) is 0 Å². The third kappa shape index (κ3) is 2.47. The van der Waals surface area contributed by atoms with Crippen LogP contribution in [0.4, 0.5) is 0 Å². The predicted molar refractivity (Wildman–Crippen MR) is 23.2 cm³/mol. The van der Waals surface area contributed by atoms with E-state index in [1.165, 1.54) is 0 Å². The van der Waals surface area contributed by atoms with Crippen LogP contribution in [0.25, 0.3) is 0 Å². The average molecular weight is 120 g/mol. The maximum absolute atomic E-state index is 9.50. The van der Waals surface area contributed by atoms with E-state index in [1.807, 2.05) is 0 Å². The molecule has 0 radical (unpaired) electrons. The smallest absolute Gasteiger partial charge is 0.0717 e. The Morgan fingerprint density at radius 3 is 2.43 bits per heavy atom. The van der Waals surface area contributed by atoms with E-state index in [2.05, 4.69) is 12.6 Å². The van der Waals surface area contributed by atoms with E-state index >= 15 is 0 Å². The SMILES string of the molecule is O=C([O-])C(O)C[S-]. The zero-order valence-electron chi connectivity index (χ0n) is 3.46. The van der Waals surface area contributed by atoms with E-state index in [0.717, 1.165) is 0 Å². The Morgan fingerprint density at radius 1 is 2.00 bits per heavy atom. The Kier molecular flexibility index (Phi) is 2.78. The van der Waals surface area contributed by atoms with Crippen LogP contribution >= 0.6 is 0 Å². The zero-order chi connectivity index (χ0) is 5.86.